The van der Waals surface area contributed by atoms with Crippen LogP contribution in [0, 0.1) is 0 Å². The lowest BCUT2D eigenvalue weighted by atomic mass is 10.2. The van der Waals surface area contributed by atoms with Gasteiger partial charge in [0.15, 0.2) is 16.6 Å². The highest BCUT2D eigenvalue weighted by Crippen LogP contribution is 2.66. The summed E-state index contributed by atoms with van der Waals surface area (Å²) in [6.45, 7) is 26.3. The summed E-state index contributed by atoms with van der Waals surface area (Å²) in [4.78, 5) is 128. The number of H-pyrrole nitrogens is 2. The Hall–Kier alpha value is -5.13. The van der Waals surface area contributed by atoms with Crippen LogP contribution in [0.1, 0.15) is 128 Å². The maximum atomic E-state index is 13.6. The number of nitrogens with one attached hydrogen (secondary N) is 2. The summed E-state index contributed by atoms with van der Waals surface area (Å²) in [6, 6.07) is 18.6. The van der Waals surface area contributed by atoms with Crippen molar-refractivity contribution in [3.8, 4) is 0 Å². The number of phosphoric acid groups is 3. The zero-order valence-electron chi connectivity index (χ0n) is 58.2. The van der Waals surface area contributed by atoms with E-state index in [0.717, 1.165) is 15.7 Å². The number of hydrogen-bond donors (Lipinski definition) is 9. The van der Waals surface area contributed by atoms with E-state index >= 15 is 0 Å². The van der Waals surface area contributed by atoms with Gasteiger partial charge in [0.25, 0.3) is 16.7 Å². The molecule has 2 aromatic carbocycles. The van der Waals surface area contributed by atoms with Gasteiger partial charge in [-0.25, -0.2) is 32.9 Å². The average molecular weight is 1590 g/mol. The topological polar surface area (TPSA) is 465 Å². The molecule has 0 amide bonds. The molecule has 40 heteroatoms. The molecule has 6 heterocycles. The van der Waals surface area contributed by atoms with Crippen molar-refractivity contribution in [3.05, 3.63) is 170 Å². The lowest BCUT2D eigenvalue weighted by Gasteiger charge is -2.40. The average Bonchev–Trinajstić information content (AvgIpc) is 1.74. The van der Waals surface area contributed by atoms with Crippen molar-refractivity contribution >= 4 is 62.1 Å². The van der Waals surface area contributed by atoms with Crippen LogP contribution in [0.3, 0.4) is 0 Å². The number of aliphatic hydroxyl groups is 3. The Balaban J connectivity index is 0.000000244. The lowest BCUT2D eigenvalue weighted by Crippen LogP contribution is -2.48. The number of benzene rings is 2. The SMILES string of the molecule is CC(C)(C)OC(=O)n1c(=O)c(CBr)cn([C@H]2C[C@@H](O[Si](C)(C)C(C)(C)C)[C@@H](CO[Si](C)(C)C(C)(C)C)O2)c1=O.O=c1[nH]c(=O)n([C@H]2C[C@@H](O)[C@@H](CO)O2)cc1COCc1ccccc1.O=c1[nH]c(=O)n([C@H]2C[C@@H](O)[C@@H](COP(=O)(O)OP(=O)(O)OP(=O)(O)O)O2)cc1COCc1ccccc1. The van der Waals surface area contributed by atoms with E-state index in [0.29, 0.717) is 24.2 Å². The molecule has 3 aromatic heterocycles. The fraction of sp³-hybridized carbons (Fsp3) is 0.590. The van der Waals surface area contributed by atoms with Gasteiger partial charge in [-0.15, -0.1) is 0 Å². The number of phosphoric ester groups is 1. The zero-order valence-corrected chi connectivity index (χ0v) is 64.5. The molecule has 9 N–H and O–H groups in total. The monoisotopic (exact) mass is 1580 g/mol. The molecular formula is C61H92BrN6O28P3Si2. The van der Waals surface area contributed by atoms with Crippen molar-refractivity contribution in [1.29, 1.82) is 0 Å². The summed E-state index contributed by atoms with van der Waals surface area (Å²) in [7, 11) is -21.0. The number of ether oxygens (including phenoxy) is 6. The highest BCUT2D eigenvalue weighted by atomic mass is 79.9. The minimum atomic E-state index is -5.71. The Bertz CT molecular complexity index is 4150. The highest BCUT2D eigenvalue weighted by molar-refractivity contribution is 9.08. The van der Waals surface area contributed by atoms with E-state index in [-0.39, 0.29) is 77.5 Å². The largest absolute Gasteiger partial charge is 0.490 e. The maximum absolute atomic E-state index is 13.6. The molecule has 564 valence electrons. The number of carbonyl (C=O) groups is 1. The first kappa shape index (κ1) is 84.8. The van der Waals surface area contributed by atoms with E-state index < -0.39 is 141 Å². The molecule has 8 rings (SSSR count). The van der Waals surface area contributed by atoms with E-state index in [1.54, 1.807) is 20.8 Å². The van der Waals surface area contributed by atoms with Gasteiger partial charge in [-0.3, -0.25) is 42.6 Å². The van der Waals surface area contributed by atoms with Crippen molar-refractivity contribution in [2.45, 2.75) is 211 Å². The fourth-order valence-corrected chi connectivity index (χ4v) is 15.3. The molecule has 2 unspecified atom stereocenters. The normalized spacial score (nSPS) is 22.5. The van der Waals surface area contributed by atoms with E-state index in [1.807, 2.05) is 60.7 Å². The van der Waals surface area contributed by atoms with Crippen molar-refractivity contribution in [2.24, 2.45) is 0 Å². The predicted octanol–water partition coefficient (Wildman–Crippen LogP) is 6.53. The molecule has 101 heavy (non-hydrogen) atoms. The molecule has 0 aliphatic carbocycles. The van der Waals surface area contributed by atoms with Gasteiger partial charge in [0.2, 0.25) is 0 Å². The highest BCUT2D eigenvalue weighted by Gasteiger charge is 2.48. The molecule has 5 aromatic rings. The summed E-state index contributed by atoms with van der Waals surface area (Å²) in [5, 5.41) is 29.3. The number of carbonyl (C=O) groups excluding carboxylic acids is 1. The van der Waals surface area contributed by atoms with Crippen LogP contribution < -0.4 is 33.7 Å². The number of alkyl halides is 1. The zero-order chi connectivity index (χ0) is 75.6. The van der Waals surface area contributed by atoms with Gasteiger partial charge < -0.3 is 72.2 Å². The summed E-state index contributed by atoms with van der Waals surface area (Å²) >= 11 is 3.31. The van der Waals surface area contributed by atoms with Crippen LogP contribution in [0.2, 0.25) is 36.3 Å². The maximum Gasteiger partial charge on any atom is 0.490 e. The first-order chi connectivity index (χ1) is 46.6. The van der Waals surface area contributed by atoms with E-state index in [2.05, 4.69) is 107 Å². The van der Waals surface area contributed by atoms with Crippen LogP contribution in [-0.4, -0.2) is 148 Å². The van der Waals surface area contributed by atoms with E-state index in [4.69, 9.17) is 52.2 Å². The number of rotatable bonds is 25. The molecule has 34 nitrogen and oxygen atoms in total. The molecule has 3 saturated heterocycles. The Labute approximate surface area is 591 Å². The van der Waals surface area contributed by atoms with Crippen molar-refractivity contribution in [1.82, 2.24) is 28.2 Å². The number of hydrogen-bond acceptors (Lipinski definition) is 24. The summed E-state index contributed by atoms with van der Waals surface area (Å²) < 4.78 is 96.8. The first-order valence-corrected chi connectivity index (χ1v) is 43.2. The third kappa shape index (κ3) is 24.5. The molecule has 0 radical (unpaired) electrons. The van der Waals surface area contributed by atoms with Gasteiger partial charge in [0.05, 0.1) is 75.7 Å². The Morgan fingerprint density at radius 2 is 1.04 bits per heavy atom. The van der Waals surface area contributed by atoms with Crippen LogP contribution in [0.5, 0.6) is 0 Å². The van der Waals surface area contributed by atoms with Crippen LogP contribution >= 0.6 is 39.4 Å². The lowest BCUT2D eigenvalue weighted by molar-refractivity contribution is -0.0461. The smallest absolute Gasteiger partial charge is 0.443 e. The second-order valence-corrected chi connectivity index (χ2v) is 42.5. The van der Waals surface area contributed by atoms with Crippen LogP contribution in [0.25, 0.3) is 0 Å². The Kier molecular flexibility index (Phi) is 29.3. The number of aromatic nitrogens is 6. The molecular weight excluding hydrogens is 1490 g/mol. The van der Waals surface area contributed by atoms with E-state index in [9.17, 15) is 67.3 Å². The molecule has 3 fully saturated rings. The fourth-order valence-electron chi connectivity index (χ4n) is 9.55. The summed E-state index contributed by atoms with van der Waals surface area (Å²) in [5.74, 6) is 0. The van der Waals surface area contributed by atoms with Crippen LogP contribution in [-0.2, 0) is 95.9 Å². The minimum Gasteiger partial charge on any atom is -0.443 e. The quantitative estimate of drug-likeness (QED) is 0.0170. The van der Waals surface area contributed by atoms with Gasteiger partial charge in [0, 0.05) is 48.7 Å². The summed E-state index contributed by atoms with van der Waals surface area (Å²) in [5.41, 5.74) is -2.70. The van der Waals surface area contributed by atoms with Gasteiger partial charge in [-0.2, -0.15) is 13.2 Å². The summed E-state index contributed by atoms with van der Waals surface area (Å²) in [6.07, 6.45) is -4.40. The van der Waals surface area contributed by atoms with Crippen LogP contribution in [0.4, 0.5) is 4.79 Å². The molecule has 3 aliphatic rings. The van der Waals surface area contributed by atoms with Crippen molar-refractivity contribution in [2.75, 3.05) is 19.8 Å². The van der Waals surface area contributed by atoms with Gasteiger partial charge in [0.1, 0.15) is 42.6 Å². The number of nitrogens with zero attached hydrogens (tertiary/aromatic N) is 4. The number of halogens is 1. The Morgan fingerprint density at radius 1 is 0.594 bits per heavy atom. The standard InChI is InChI=1S/C27H49BrN2O7Si2.C17H23N2O15P3.C17H20N2O6/c1-25(2,3)36-24(33)30-22(31)18(15-28)16-29(23(30)32)21-14-19(37-39(12,13)27(7,8)9)20(35-21)17-34-38(10,11)26(4,5)6;20-13-6-15(32-14(13)10-31-36(26,27)34-37(28,29)33-35(23,24)25)19-7-12(16(21)18-17(19)22)9-30-8-11-4-2-1-3-5-11;20-8-14-13(21)6-15(25-14)19-7-12(16(22)18-17(19)23)10-24-9-11-4-2-1-3-5-11/h16,19-21H,14-15,17H2,1-13H3;1-5,7,13-15,20H,6,8-10H2,(H,26,27)(H,28,29)(H,18,21,22)(H2,23,24,25);1-5,7,13-15,20-21H,6,8-10H2,(H,18,22,23)/t19-,20-,21-;2*13-,14-,15-/m111/s1. The molecule has 3 aliphatic heterocycles. The predicted molar refractivity (Wildman–Crippen MR) is 371 cm³/mol. The third-order valence-electron chi connectivity index (χ3n) is 16.9. The molecule has 0 bridgehead atoms. The van der Waals surface area contributed by atoms with Crippen LogP contribution in [0.15, 0.2) is 108 Å². The van der Waals surface area contributed by atoms with Gasteiger partial charge in [-0.05, 0) is 68.2 Å². The number of aromatic amines is 2. The molecule has 0 saturated carbocycles. The van der Waals surface area contributed by atoms with Crippen molar-refractivity contribution in [3.63, 3.8) is 0 Å². The van der Waals surface area contributed by atoms with Gasteiger partial charge >= 0.3 is 46.6 Å². The molecule has 11 atom stereocenters. The minimum absolute atomic E-state index is 0.0193. The number of aliphatic hydroxyl groups excluding tert-OH is 3. The van der Waals surface area contributed by atoms with E-state index in [1.165, 1.54) is 27.7 Å². The molecule has 0 spiro atoms. The van der Waals surface area contributed by atoms with Gasteiger partial charge in [-0.1, -0.05) is 118 Å². The second-order valence-electron chi connectivity index (χ2n) is 28.0. The second kappa shape index (κ2) is 34.9. The third-order valence-corrected chi connectivity index (χ3v) is 30.3. The first-order valence-electron chi connectivity index (χ1n) is 31.8. The van der Waals surface area contributed by atoms with Crippen molar-refractivity contribution < 1.29 is 104 Å². The Morgan fingerprint density at radius 3 is 1.48 bits per heavy atom.